The molecular weight excluding hydrogens is 317 g/mol. The molecule has 0 amide bonds. The van der Waals surface area contributed by atoms with Gasteiger partial charge in [-0.3, -0.25) is 4.90 Å². The lowest BCUT2D eigenvalue weighted by Gasteiger charge is -2.20. The van der Waals surface area contributed by atoms with Gasteiger partial charge in [-0.15, -0.1) is 0 Å². The largest absolute Gasteiger partial charge is 0.295 e. The molecule has 0 aliphatic carbocycles. The first-order valence-corrected chi connectivity index (χ1v) is 7.75. The van der Waals surface area contributed by atoms with Crippen molar-refractivity contribution >= 4 is 15.9 Å². The molecule has 0 radical (unpaired) electrons. The van der Waals surface area contributed by atoms with E-state index in [9.17, 15) is 4.39 Å². The van der Waals surface area contributed by atoms with E-state index in [-0.39, 0.29) is 5.82 Å². The highest BCUT2D eigenvalue weighted by molar-refractivity contribution is 9.10. The molecule has 0 bridgehead atoms. The molecule has 2 aromatic carbocycles. The van der Waals surface area contributed by atoms with Crippen LogP contribution in [-0.4, -0.2) is 11.4 Å². The fraction of sp³-hybridized carbons (Fsp3) is 0.294. The third-order valence-corrected chi connectivity index (χ3v) is 4.43. The number of halogens is 2. The molecule has 2 aromatic rings. The van der Waals surface area contributed by atoms with E-state index in [1.165, 1.54) is 23.6 Å². The van der Waals surface area contributed by atoms with Gasteiger partial charge in [-0.05, 0) is 64.1 Å². The molecule has 0 saturated heterocycles. The Balaban J connectivity index is 1.76. The summed E-state index contributed by atoms with van der Waals surface area (Å²) in [6, 6.07) is 14.0. The van der Waals surface area contributed by atoms with Crippen molar-refractivity contribution in [3.63, 3.8) is 0 Å². The van der Waals surface area contributed by atoms with Crippen LogP contribution in [0.25, 0.3) is 0 Å². The van der Waals surface area contributed by atoms with Crippen molar-refractivity contribution in [1.29, 1.82) is 0 Å². The van der Waals surface area contributed by atoms with Crippen LogP contribution in [-0.2, 0) is 19.5 Å². The van der Waals surface area contributed by atoms with E-state index < -0.39 is 0 Å². The van der Waals surface area contributed by atoms with Crippen molar-refractivity contribution in [1.82, 2.24) is 4.90 Å². The van der Waals surface area contributed by atoms with Crippen LogP contribution in [0.3, 0.4) is 0 Å². The maximum atomic E-state index is 13.3. The van der Waals surface area contributed by atoms with Gasteiger partial charge >= 0.3 is 0 Å². The fourth-order valence-corrected chi connectivity index (χ4v) is 3.23. The quantitative estimate of drug-likeness (QED) is 0.780. The highest BCUT2D eigenvalue weighted by atomic mass is 79.9. The van der Waals surface area contributed by atoms with E-state index in [2.05, 4.69) is 45.1 Å². The summed E-state index contributed by atoms with van der Waals surface area (Å²) >= 11 is 3.26. The van der Waals surface area contributed by atoms with Crippen LogP contribution in [0.1, 0.15) is 23.1 Å². The van der Waals surface area contributed by atoms with Crippen molar-refractivity contribution in [3.8, 4) is 0 Å². The van der Waals surface area contributed by atoms with Crippen molar-refractivity contribution < 1.29 is 4.39 Å². The second kappa shape index (κ2) is 6.06. The predicted octanol–water partition coefficient (Wildman–Crippen LogP) is 4.54. The molecule has 0 N–H and O–H groups in total. The Hall–Kier alpha value is -1.19. The maximum Gasteiger partial charge on any atom is 0.137 e. The molecule has 0 saturated carbocycles. The Morgan fingerprint density at radius 2 is 1.90 bits per heavy atom. The predicted molar refractivity (Wildman–Crippen MR) is 83.0 cm³/mol. The second-order valence-corrected chi connectivity index (χ2v) is 6.19. The molecular formula is C17H17BrFN. The lowest BCUT2D eigenvalue weighted by molar-refractivity contribution is 0.261. The summed E-state index contributed by atoms with van der Waals surface area (Å²) in [6.45, 7) is 2.93. The number of benzene rings is 2. The Kier molecular flexibility index (Phi) is 4.18. The zero-order chi connectivity index (χ0) is 13.9. The molecule has 3 rings (SSSR count). The SMILES string of the molecule is Fc1ccc(CN2CCCc3ccccc3C2)cc1Br. The first-order chi connectivity index (χ1) is 9.72. The second-order valence-electron chi connectivity index (χ2n) is 5.33. The standard InChI is InChI=1S/C17H17BrFN/c18-16-10-13(7-8-17(16)19)11-20-9-3-6-14-4-1-2-5-15(14)12-20/h1-2,4-5,7-8,10H,3,6,9,11-12H2. The number of hydrogen-bond acceptors (Lipinski definition) is 1. The first kappa shape index (κ1) is 13.8. The normalized spacial score (nSPS) is 15.7. The van der Waals surface area contributed by atoms with Crippen molar-refractivity contribution in [2.24, 2.45) is 0 Å². The maximum absolute atomic E-state index is 13.3. The van der Waals surface area contributed by atoms with E-state index >= 15 is 0 Å². The average molecular weight is 334 g/mol. The van der Waals surface area contributed by atoms with E-state index in [1.807, 2.05) is 12.1 Å². The molecule has 1 heterocycles. The van der Waals surface area contributed by atoms with Gasteiger partial charge in [0.05, 0.1) is 4.47 Å². The lowest BCUT2D eigenvalue weighted by atomic mass is 10.0. The molecule has 0 unspecified atom stereocenters. The van der Waals surface area contributed by atoms with E-state index in [0.717, 1.165) is 31.6 Å². The van der Waals surface area contributed by atoms with Gasteiger partial charge in [0, 0.05) is 13.1 Å². The van der Waals surface area contributed by atoms with Crippen molar-refractivity contribution in [2.45, 2.75) is 25.9 Å². The summed E-state index contributed by atoms with van der Waals surface area (Å²) in [5.41, 5.74) is 4.04. The summed E-state index contributed by atoms with van der Waals surface area (Å²) in [6.07, 6.45) is 2.33. The van der Waals surface area contributed by atoms with E-state index in [4.69, 9.17) is 0 Å². The lowest BCUT2D eigenvalue weighted by Crippen LogP contribution is -2.22. The van der Waals surface area contributed by atoms with Crippen LogP contribution in [0.15, 0.2) is 46.9 Å². The van der Waals surface area contributed by atoms with Crippen LogP contribution in [0.4, 0.5) is 4.39 Å². The van der Waals surface area contributed by atoms with Gasteiger partial charge in [-0.1, -0.05) is 30.3 Å². The van der Waals surface area contributed by atoms with Crippen LogP contribution in [0.2, 0.25) is 0 Å². The average Bonchev–Trinajstić information content (AvgIpc) is 2.64. The van der Waals surface area contributed by atoms with Crippen molar-refractivity contribution in [3.05, 3.63) is 69.4 Å². The van der Waals surface area contributed by atoms with Crippen LogP contribution >= 0.6 is 15.9 Å². The molecule has 20 heavy (non-hydrogen) atoms. The minimum atomic E-state index is -0.199. The Labute approximate surface area is 127 Å². The van der Waals surface area contributed by atoms with Gasteiger partial charge in [0.25, 0.3) is 0 Å². The summed E-state index contributed by atoms with van der Waals surface area (Å²) in [4.78, 5) is 2.44. The third-order valence-electron chi connectivity index (χ3n) is 3.82. The van der Waals surface area contributed by atoms with Crippen LogP contribution in [0.5, 0.6) is 0 Å². The number of nitrogens with zero attached hydrogens (tertiary/aromatic N) is 1. The monoisotopic (exact) mass is 333 g/mol. The van der Waals surface area contributed by atoms with Gasteiger partial charge in [0.2, 0.25) is 0 Å². The molecule has 0 spiro atoms. The van der Waals surface area contributed by atoms with Gasteiger partial charge in [-0.25, -0.2) is 4.39 Å². The van der Waals surface area contributed by atoms with Gasteiger partial charge < -0.3 is 0 Å². The molecule has 0 aromatic heterocycles. The molecule has 0 fully saturated rings. The molecule has 3 heteroatoms. The Morgan fingerprint density at radius 3 is 2.70 bits per heavy atom. The van der Waals surface area contributed by atoms with E-state index in [1.54, 1.807) is 0 Å². The zero-order valence-corrected chi connectivity index (χ0v) is 12.9. The minimum absolute atomic E-state index is 0.199. The Bertz CT molecular complexity index is 612. The van der Waals surface area contributed by atoms with Gasteiger partial charge in [0.1, 0.15) is 5.82 Å². The van der Waals surface area contributed by atoms with Gasteiger partial charge in [-0.2, -0.15) is 0 Å². The first-order valence-electron chi connectivity index (χ1n) is 6.95. The molecule has 104 valence electrons. The summed E-state index contributed by atoms with van der Waals surface area (Å²) in [5.74, 6) is -0.199. The highest BCUT2D eigenvalue weighted by Crippen LogP contribution is 2.22. The molecule has 1 aliphatic heterocycles. The number of fused-ring (bicyclic) bond motifs is 1. The summed E-state index contributed by atoms with van der Waals surface area (Å²) in [5, 5.41) is 0. The number of rotatable bonds is 2. The fourth-order valence-electron chi connectivity index (χ4n) is 2.80. The molecule has 1 aliphatic rings. The Morgan fingerprint density at radius 1 is 1.10 bits per heavy atom. The molecule has 1 nitrogen and oxygen atoms in total. The number of hydrogen-bond donors (Lipinski definition) is 0. The number of aryl methyl sites for hydroxylation is 1. The van der Waals surface area contributed by atoms with Crippen LogP contribution < -0.4 is 0 Å². The van der Waals surface area contributed by atoms with E-state index in [0.29, 0.717) is 4.47 Å². The third kappa shape index (κ3) is 3.10. The van der Waals surface area contributed by atoms with Crippen LogP contribution in [0, 0.1) is 5.82 Å². The van der Waals surface area contributed by atoms with Crippen molar-refractivity contribution in [2.75, 3.05) is 6.54 Å². The summed E-state index contributed by atoms with van der Waals surface area (Å²) < 4.78 is 13.8. The smallest absolute Gasteiger partial charge is 0.137 e. The molecule has 0 atom stereocenters. The minimum Gasteiger partial charge on any atom is -0.295 e. The highest BCUT2D eigenvalue weighted by Gasteiger charge is 2.14. The topological polar surface area (TPSA) is 3.24 Å². The van der Waals surface area contributed by atoms with Gasteiger partial charge in [0.15, 0.2) is 0 Å². The zero-order valence-electron chi connectivity index (χ0n) is 11.3. The summed E-state index contributed by atoms with van der Waals surface area (Å²) in [7, 11) is 0.